The van der Waals surface area contributed by atoms with Crippen molar-refractivity contribution in [3.63, 3.8) is 0 Å². The van der Waals surface area contributed by atoms with E-state index in [-0.39, 0.29) is 6.04 Å². The van der Waals surface area contributed by atoms with Crippen LogP contribution in [0.1, 0.15) is 17.2 Å². The number of sulfone groups is 1. The molecule has 0 aliphatic carbocycles. The lowest BCUT2D eigenvalue weighted by molar-refractivity contribution is 0.523. The summed E-state index contributed by atoms with van der Waals surface area (Å²) in [5, 5.41) is 2.72. The van der Waals surface area contributed by atoms with Gasteiger partial charge in [0.25, 0.3) is 0 Å². The van der Waals surface area contributed by atoms with Crippen molar-refractivity contribution in [3.8, 4) is 0 Å². The quantitative estimate of drug-likeness (QED) is 0.886. The third-order valence-corrected chi connectivity index (χ3v) is 6.05. The van der Waals surface area contributed by atoms with E-state index >= 15 is 0 Å². The standard InChI is InChI=1S/C18H19NO2S/c1-14-9-11-15(12-10-14)18-17(8-5-13-19-18)22(20,21)16-6-3-2-4-7-16/h2-12,17-19H,13H2,1H3/t17-,18+/m0/s1. The van der Waals surface area contributed by atoms with Gasteiger partial charge < -0.3 is 5.32 Å². The molecule has 0 saturated heterocycles. The van der Waals surface area contributed by atoms with Crippen LogP contribution < -0.4 is 5.32 Å². The van der Waals surface area contributed by atoms with E-state index in [1.54, 1.807) is 24.3 Å². The molecule has 1 heterocycles. The Kier molecular flexibility index (Phi) is 4.14. The molecule has 0 unspecified atom stereocenters. The third-order valence-electron chi connectivity index (χ3n) is 3.98. The number of benzene rings is 2. The Morgan fingerprint density at radius 1 is 1.00 bits per heavy atom. The Hall–Kier alpha value is -1.91. The van der Waals surface area contributed by atoms with Gasteiger partial charge in [-0.05, 0) is 24.6 Å². The fourth-order valence-electron chi connectivity index (χ4n) is 2.76. The van der Waals surface area contributed by atoms with E-state index in [9.17, 15) is 8.42 Å². The second-order valence-electron chi connectivity index (χ2n) is 5.55. The van der Waals surface area contributed by atoms with Crippen LogP contribution in [0.2, 0.25) is 0 Å². The predicted octanol–water partition coefficient (Wildman–Crippen LogP) is 3.04. The first-order valence-electron chi connectivity index (χ1n) is 7.34. The molecule has 0 amide bonds. The van der Waals surface area contributed by atoms with Gasteiger partial charge in [0, 0.05) is 6.54 Å². The summed E-state index contributed by atoms with van der Waals surface area (Å²) in [5.74, 6) is 0. The minimum atomic E-state index is -3.42. The smallest absolute Gasteiger partial charge is 0.186 e. The van der Waals surface area contributed by atoms with Gasteiger partial charge >= 0.3 is 0 Å². The van der Waals surface area contributed by atoms with Crippen LogP contribution in [-0.4, -0.2) is 20.2 Å². The van der Waals surface area contributed by atoms with Gasteiger partial charge in [-0.3, -0.25) is 0 Å². The summed E-state index contributed by atoms with van der Waals surface area (Å²) < 4.78 is 25.9. The van der Waals surface area contributed by atoms with Crippen LogP contribution >= 0.6 is 0 Å². The van der Waals surface area contributed by atoms with Crippen molar-refractivity contribution < 1.29 is 8.42 Å². The molecule has 1 N–H and O–H groups in total. The monoisotopic (exact) mass is 313 g/mol. The molecule has 22 heavy (non-hydrogen) atoms. The Balaban J connectivity index is 2.01. The molecule has 0 fully saturated rings. The zero-order valence-electron chi connectivity index (χ0n) is 12.4. The van der Waals surface area contributed by atoms with E-state index in [0.717, 1.165) is 11.1 Å². The summed E-state index contributed by atoms with van der Waals surface area (Å²) in [6, 6.07) is 16.5. The molecule has 114 valence electrons. The third kappa shape index (κ3) is 2.85. The zero-order chi connectivity index (χ0) is 15.6. The average molecular weight is 313 g/mol. The van der Waals surface area contributed by atoms with Gasteiger partial charge in [0.15, 0.2) is 9.84 Å². The summed E-state index contributed by atoms with van der Waals surface area (Å²) in [6.07, 6.45) is 3.69. The molecule has 0 radical (unpaired) electrons. The molecule has 2 aromatic carbocycles. The molecule has 2 atom stereocenters. The van der Waals surface area contributed by atoms with Crippen molar-refractivity contribution in [2.75, 3.05) is 6.54 Å². The highest BCUT2D eigenvalue weighted by Gasteiger charge is 2.34. The summed E-state index contributed by atoms with van der Waals surface area (Å²) in [4.78, 5) is 0.366. The second kappa shape index (κ2) is 6.07. The molecule has 1 aliphatic heterocycles. The van der Waals surface area contributed by atoms with Crippen LogP contribution in [0.3, 0.4) is 0 Å². The maximum atomic E-state index is 12.9. The van der Waals surface area contributed by atoms with Gasteiger partial charge in [0.1, 0.15) is 5.25 Å². The highest BCUT2D eigenvalue weighted by molar-refractivity contribution is 7.92. The highest BCUT2D eigenvalue weighted by atomic mass is 32.2. The number of rotatable bonds is 3. The Morgan fingerprint density at radius 3 is 2.36 bits per heavy atom. The van der Waals surface area contributed by atoms with E-state index in [1.807, 2.05) is 49.4 Å². The minimum Gasteiger partial charge on any atom is -0.305 e. The highest BCUT2D eigenvalue weighted by Crippen LogP contribution is 2.30. The number of hydrogen-bond acceptors (Lipinski definition) is 3. The SMILES string of the molecule is Cc1ccc([C@H]2NCC=C[C@@H]2S(=O)(=O)c2ccccc2)cc1. The summed E-state index contributed by atoms with van der Waals surface area (Å²) in [5.41, 5.74) is 2.16. The van der Waals surface area contributed by atoms with E-state index in [0.29, 0.717) is 11.4 Å². The molecule has 3 rings (SSSR count). The average Bonchev–Trinajstić information content (AvgIpc) is 2.56. The van der Waals surface area contributed by atoms with Crippen molar-refractivity contribution >= 4 is 9.84 Å². The molecular formula is C18H19NO2S. The maximum Gasteiger partial charge on any atom is 0.186 e. The van der Waals surface area contributed by atoms with Crippen LogP contribution in [0.25, 0.3) is 0 Å². The van der Waals surface area contributed by atoms with Crippen LogP contribution in [0.5, 0.6) is 0 Å². The van der Waals surface area contributed by atoms with Crippen molar-refractivity contribution in [2.24, 2.45) is 0 Å². The number of hydrogen-bond donors (Lipinski definition) is 1. The molecule has 0 aromatic heterocycles. The van der Waals surface area contributed by atoms with Gasteiger partial charge in [-0.25, -0.2) is 8.42 Å². The minimum absolute atomic E-state index is 0.226. The van der Waals surface area contributed by atoms with Gasteiger partial charge in [0.2, 0.25) is 0 Å². The zero-order valence-corrected chi connectivity index (χ0v) is 13.3. The predicted molar refractivity (Wildman–Crippen MR) is 88.5 cm³/mol. The van der Waals surface area contributed by atoms with Crippen LogP contribution in [0, 0.1) is 6.92 Å². The molecule has 0 saturated carbocycles. The van der Waals surface area contributed by atoms with E-state index < -0.39 is 15.1 Å². The van der Waals surface area contributed by atoms with Crippen molar-refractivity contribution in [2.45, 2.75) is 23.1 Å². The topological polar surface area (TPSA) is 46.2 Å². The van der Waals surface area contributed by atoms with E-state index in [4.69, 9.17) is 0 Å². The fourth-order valence-corrected chi connectivity index (χ4v) is 4.54. The summed E-state index contributed by atoms with van der Waals surface area (Å²) >= 11 is 0. The van der Waals surface area contributed by atoms with E-state index in [2.05, 4.69) is 5.32 Å². The van der Waals surface area contributed by atoms with Crippen molar-refractivity contribution in [1.82, 2.24) is 5.32 Å². The lowest BCUT2D eigenvalue weighted by Crippen LogP contribution is -2.39. The molecular weight excluding hydrogens is 294 g/mol. The van der Waals surface area contributed by atoms with Crippen molar-refractivity contribution in [3.05, 3.63) is 77.9 Å². The van der Waals surface area contributed by atoms with Gasteiger partial charge in [-0.15, -0.1) is 0 Å². The van der Waals surface area contributed by atoms with Crippen molar-refractivity contribution in [1.29, 1.82) is 0 Å². The molecule has 0 bridgehead atoms. The van der Waals surface area contributed by atoms with Crippen LogP contribution in [-0.2, 0) is 9.84 Å². The van der Waals surface area contributed by atoms with E-state index in [1.165, 1.54) is 0 Å². The van der Waals surface area contributed by atoms with Gasteiger partial charge in [-0.2, -0.15) is 0 Å². The first-order chi connectivity index (χ1) is 10.6. The lowest BCUT2D eigenvalue weighted by atomic mass is 10.00. The largest absolute Gasteiger partial charge is 0.305 e. The Morgan fingerprint density at radius 2 is 1.68 bits per heavy atom. The normalized spacial score (nSPS) is 21.7. The summed E-state index contributed by atoms with van der Waals surface area (Å²) in [6.45, 7) is 2.70. The number of aryl methyl sites for hydroxylation is 1. The van der Waals surface area contributed by atoms with Crippen LogP contribution in [0.15, 0.2) is 71.6 Å². The second-order valence-corrected chi connectivity index (χ2v) is 7.65. The number of nitrogens with one attached hydrogen (secondary N) is 1. The lowest BCUT2D eigenvalue weighted by Gasteiger charge is -2.29. The maximum absolute atomic E-state index is 12.9. The first-order valence-corrected chi connectivity index (χ1v) is 8.89. The molecule has 0 spiro atoms. The molecule has 3 nitrogen and oxygen atoms in total. The van der Waals surface area contributed by atoms with Gasteiger partial charge in [-0.1, -0.05) is 60.2 Å². The van der Waals surface area contributed by atoms with Crippen LogP contribution in [0.4, 0.5) is 0 Å². The Labute approximate surface area is 131 Å². The van der Waals surface area contributed by atoms with Gasteiger partial charge in [0.05, 0.1) is 10.9 Å². The first kappa shape index (κ1) is 15.0. The Bertz CT molecular complexity index is 764. The summed E-state index contributed by atoms with van der Waals surface area (Å²) in [7, 11) is -3.42. The fraction of sp³-hybridized carbons (Fsp3) is 0.222. The molecule has 2 aromatic rings. The molecule has 4 heteroatoms. The molecule has 1 aliphatic rings.